The van der Waals surface area contributed by atoms with E-state index in [1.54, 1.807) is 12.1 Å². The fourth-order valence-corrected chi connectivity index (χ4v) is 2.48. The highest BCUT2D eigenvalue weighted by molar-refractivity contribution is 5.91. The fraction of sp³-hybridized carbons (Fsp3) is 0.353. The van der Waals surface area contributed by atoms with Crippen LogP contribution in [-0.2, 0) is 0 Å². The molecule has 0 aliphatic heterocycles. The van der Waals surface area contributed by atoms with E-state index in [0.29, 0.717) is 12.3 Å². The van der Waals surface area contributed by atoms with Crippen LogP contribution in [0.3, 0.4) is 0 Å². The smallest absolute Gasteiger partial charge is 0.287 e. The van der Waals surface area contributed by atoms with Gasteiger partial charge < -0.3 is 9.73 Å². The van der Waals surface area contributed by atoms with E-state index in [-0.39, 0.29) is 11.9 Å². The Labute approximate surface area is 125 Å². The van der Waals surface area contributed by atoms with Crippen LogP contribution in [0, 0.1) is 0 Å². The minimum absolute atomic E-state index is 0.167. The number of nitrogens with zero attached hydrogens (tertiary/aromatic N) is 1. The third kappa shape index (κ3) is 3.95. The highest BCUT2D eigenvalue weighted by Crippen LogP contribution is 2.19. The van der Waals surface area contributed by atoms with Crippen molar-refractivity contribution >= 4 is 5.91 Å². The first-order valence-electron chi connectivity index (χ1n) is 7.37. The van der Waals surface area contributed by atoms with Crippen LogP contribution in [0.25, 0.3) is 0 Å². The minimum atomic E-state index is -0.173. The highest BCUT2D eigenvalue weighted by atomic mass is 16.3. The summed E-state index contributed by atoms with van der Waals surface area (Å²) in [5.41, 5.74) is 1.21. The molecular formula is C17H22N2O2. The Morgan fingerprint density at radius 2 is 1.86 bits per heavy atom. The van der Waals surface area contributed by atoms with Crippen molar-refractivity contribution in [3.8, 4) is 0 Å². The van der Waals surface area contributed by atoms with E-state index < -0.39 is 0 Å². The molecule has 0 saturated carbocycles. The van der Waals surface area contributed by atoms with Crippen LogP contribution in [0.5, 0.6) is 0 Å². The highest BCUT2D eigenvalue weighted by Gasteiger charge is 2.19. The number of carbonyl (C=O) groups excluding carboxylic acids is 1. The van der Waals surface area contributed by atoms with Gasteiger partial charge >= 0.3 is 0 Å². The molecule has 0 fully saturated rings. The molecule has 0 saturated heterocycles. The number of likely N-dealkylation sites (N-methyl/N-ethyl adjacent to an activating group) is 1. The summed E-state index contributed by atoms with van der Waals surface area (Å²) < 4.78 is 5.12. The molecule has 0 spiro atoms. The molecule has 1 unspecified atom stereocenters. The maximum atomic E-state index is 12.0. The lowest BCUT2D eigenvalue weighted by molar-refractivity contribution is 0.0907. The monoisotopic (exact) mass is 286 g/mol. The van der Waals surface area contributed by atoms with Gasteiger partial charge in [0.1, 0.15) is 0 Å². The maximum Gasteiger partial charge on any atom is 0.287 e. The van der Waals surface area contributed by atoms with E-state index in [4.69, 9.17) is 4.42 Å². The predicted octanol–water partition coefficient (Wildman–Crippen LogP) is 3.09. The summed E-state index contributed by atoms with van der Waals surface area (Å²) in [6.45, 7) is 6.70. The third-order valence-electron chi connectivity index (χ3n) is 3.64. The van der Waals surface area contributed by atoms with E-state index in [2.05, 4.69) is 36.2 Å². The number of benzene rings is 1. The summed E-state index contributed by atoms with van der Waals surface area (Å²) in [5.74, 6) is 0.175. The first-order valence-corrected chi connectivity index (χ1v) is 7.37. The number of nitrogens with one attached hydrogen (secondary N) is 1. The topological polar surface area (TPSA) is 45.5 Å². The number of hydrogen-bond acceptors (Lipinski definition) is 3. The van der Waals surface area contributed by atoms with Crippen LogP contribution in [0.4, 0.5) is 0 Å². The molecule has 112 valence electrons. The lowest BCUT2D eigenvalue weighted by Gasteiger charge is -2.30. The van der Waals surface area contributed by atoms with Crippen LogP contribution in [-0.4, -0.2) is 30.4 Å². The number of furan rings is 1. The minimum Gasteiger partial charge on any atom is -0.459 e. The van der Waals surface area contributed by atoms with Gasteiger partial charge in [-0.25, -0.2) is 0 Å². The summed E-state index contributed by atoms with van der Waals surface area (Å²) >= 11 is 0. The average molecular weight is 286 g/mol. The molecule has 2 aromatic rings. The van der Waals surface area contributed by atoms with Gasteiger partial charge in [-0.15, -0.1) is 0 Å². The second-order valence-corrected chi connectivity index (χ2v) is 4.84. The van der Waals surface area contributed by atoms with Crippen molar-refractivity contribution in [2.24, 2.45) is 0 Å². The lowest BCUT2D eigenvalue weighted by atomic mass is 10.1. The molecule has 4 heteroatoms. The summed E-state index contributed by atoms with van der Waals surface area (Å²) in [6, 6.07) is 13.8. The van der Waals surface area contributed by atoms with Gasteiger partial charge in [-0.1, -0.05) is 44.2 Å². The molecular weight excluding hydrogens is 264 g/mol. The number of amides is 1. The van der Waals surface area contributed by atoms with Gasteiger partial charge in [0.2, 0.25) is 0 Å². The molecule has 1 aromatic heterocycles. The molecule has 1 heterocycles. The van der Waals surface area contributed by atoms with E-state index in [1.807, 2.05) is 18.2 Å². The Kier molecular flexibility index (Phi) is 5.58. The Morgan fingerprint density at radius 1 is 1.14 bits per heavy atom. The first-order chi connectivity index (χ1) is 10.3. The van der Waals surface area contributed by atoms with Crippen molar-refractivity contribution in [3.63, 3.8) is 0 Å². The zero-order valence-electron chi connectivity index (χ0n) is 12.6. The van der Waals surface area contributed by atoms with Gasteiger partial charge in [0.05, 0.1) is 12.3 Å². The van der Waals surface area contributed by atoms with Gasteiger partial charge in [0.15, 0.2) is 5.76 Å². The van der Waals surface area contributed by atoms with Crippen LogP contribution >= 0.6 is 0 Å². The molecule has 1 aromatic carbocycles. The van der Waals surface area contributed by atoms with Crippen LogP contribution < -0.4 is 5.32 Å². The molecule has 0 bridgehead atoms. The van der Waals surface area contributed by atoms with E-state index in [1.165, 1.54) is 11.8 Å². The number of hydrogen-bond donors (Lipinski definition) is 1. The summed E-state index contributed by atoms with van der Waals surface area (Å²) in [7, 11) is 0. The van der Waals surface area contributed by atoms with Crippen molar-refractivity contribution in [1.29, 1.82) is 0 Å². The average Bonchev–Trinajstić information content (AvgIpc) is 3.06. The molecule has 0 aliphatic rings. The Hall–Kier alpha value is -2.07. The summed E-state index contributed by atoms with van der Waals surface area (Å²) in [4.78, 5) is 14.3. The molecule has 1 atom stereocenters. The molecule has 0 aliphatic carbocycles. The van der Waals surface area contributed by atoms with Gasteiger partial charge in [0.25, 0.3) is 5.91 Å². The van der Waals surface area contributed by atoms with E-state index in [0.717, 1.165) is 13.1 Å². The summed E-state index contributed by atoms with van der Waals surface area (Å²) in [6.07, 6.45) is 1.51. The van der Waals surface area contributed by atoms with E-state index >= 15 is 0 Å². The zero-order chi connectivity index (χ0) is 15.1. The van der Waals surface area contributed by atoms with Gasteiger partial charge in [-0.05, 0) is 30.8 Å². The molecule has 1 amide bonds. The molecule has 2 rings (SSSR count). The van der Waals surface area contributed by atoms with Crippen molar-refractivity contribution in [2.75, 3.05) is 19.6 Å². The normalized spacial score (nSPS) is 12.3. The van der Waals surface area contributed by atoms with Crippen LogP contribution in [0.1, 0.15) is 36.0 Å². The second kappa shape index (κ2) is 7.64. The van der Waals surface area contributed by atoms with Crippen molar-refractivity contribution in [3.05, 3.63) is 60.1 Å². The van der Waals surface area contributed by atoms with E-state index in [9.17, 15) is 4.79 Å². The van der Waals surface area contributed by atoms with Crippen molar-refractivity contribution in [1.82, 2.24) is 10.2 Å². The Balaban J connectivity index is 2.08. The first kappa shape index (κ1) is 15.3. The number of carbonyl (C=O) groups is 1. The number of rotatable bonds is 7. The van der Waals surface area contributed by atoms with Gasteiger partial charge in [-0.3, -0.25) is 9.69 Å². The van der Waals surface area contributed by atoms with Crippen LogP contribution in [0.15, 0.2) is 53.1 Å². The third-order valence-corrected chi connectivity index (χ3v) is 3.64. The maximum absolute atomic E-state index is 12.0. The zero-order valence-corrected chi connectivity index (χ0v) is 12.6. The van der Waals surface area contributed by atoms with Crippen molar-refractivity contribution in [2.45, 2.75) is 19.9 Å². The van der Waals surface area contributed by atoms with Crippen molar-refractivity contribution < 1.29 is 9.21 Å². The van der Waals surface area contributed by atoms with Crippen LogP contribution in [0.2, 0.25) is 0 Å². The Morgan fingerprint density at radius 3 is 2.43 bits per heavy atom. The summed E-state index contributed by atoms with van der Waals surface area (Å²) in [5, 5.41) is 2.96. The molecule has 1 N–H and O–H groups in total. The van der Waals surface area contributed by atoms with Gasteiger partial charge in [0, 0.05) is 6.54 Å². The fourth-order valence-electron chi connectivity index (χ4n) is 2.48. The standard InChI is InChI=1S/C17H22N2O2/c1-3-19(4-2)15(14-9-6-5-7-10-14)13-18-17(20)16-11-8-12-21-16/h5-12,15H,3-4,13H2,1-2H3,(H,18,20). The molecule has 0 radical (unpaired) electrons. The molecule has 4 nitrogen and oxygen atoms in total. The largest absolute Gasteiger partial charge is 0.459 e. The second-order valence-electron chi connectivity index (χ2n) is 4.84. The lowest BCUT2D eigenvalue weighted by Crippen LogP contribution is -2.38. The Bertz CT molecular complexity index is 533. The predicted molar refractivity (Wildman–Crippen MR) is 83.1 cm³/mol. The quantitative estimate of drug-likeness (QED) is 0.850. The van der Waals surface area contributed by atoms with Gasteiger partial charge in [-0.2, -0.15) is 0 Å². The molecule has 21 heavy (non-hydrogen) atoms. The SMILES string of the molecule is CCN(CC)C(CNC(=O)c1ccco1)c1ccccc1.